The first-order valence-electron chi connectivity index (χ1n) is 7.72. The number of methoxy groups -OCH3 is 1. The van der Waals surface area contributed by atoms with E-state index in [0.29, 0.717) is 18.5 Å². The highest BCUT2D eigenvalue weighted by Gasteiger charge is 2.12. The van der Waals surface area contributed by atoms with E-state index in [1.165, 1.54) is 6.07 Å². The summed E-state index contributed by atoms with van der Waals surface area (Å²) in [7, 11) is 1.63. The summed E-state index contributed by atoms with van der Waals surface area (Å²) in [5, 5.41) is 12.0. The van der Waals surface area contributed by atoms with Gasteiger partial charge in [-0.25, -0.2) is 4.79 Å². The van der Waals surface area contributed by atoms with Crippen molar-refractivity contribution in [3.8, 4) is 5.75 Å². The molecule has 0 heterocycles. The van der Waals surface area contributed by atoms with Crippen molar-refractivity contribution in [1.29, 1.82) is 0 Å². The highest BCUT2D eigenvalue weighted by atomic mass is 16.5. The summed E-state index contributed by atoms with van der Waals surface area (Å²) in [6.07, 6.45) is 0.739. The molecule has 0 spiro atoms. The van der Waals surface area contributed by atoms with Gasteiger partial charge in [-0.05, 0) is 42.2 Å². The first-order chi connectivity index (χ1) is 11.5. The summed E-state index contributed by atoms with van der Waals surface area (Å²) in [5.74, 6) is -0.387. The Bertz CT molecular complexity index is 740. The Labute approximate surface area is 141 Å². The predicted molar refractivity (Wildman–Crippen MR) is 91.6 cm³/mol. The molecule has 5 heteroatoms. The number of carboxylic acid groups (broad SMARTS) is 1. The van der Waals surface area contributed by atoms with Crippen LogP contribution in [-0.2, 0) is 17.6 Å². The first-order valence-corrected chi connectivity index (χ1v) is 7.72. The van der Waals surface area contributed by atoms with Crippen LogP contribution >= 0.6 is 0 Å². The summed E-state index contributed by atoms with van der Waals surface area (Å²) in [6, 6.07) is 12.5. The number of benzene rings is 2. The third kappa shape index (κ3) is 4.59. The maximum atomic E-state index is 12.0. The number of hydrogen-bond acceptors (Lipinski definition) is 3. The second kappa shape index (κ2) is 8.15. The van der Waals surface area contributed by atoms with Crippen molar-refractivity contribution in [2.75, 3.05) is 13.7 Å². The van der Waals surface area contributed by atoms with E-state index in [9.17, 15) is 9.59 Å². The zero-order valence-corrected chi connectivity index (χ0v) is 13.8. The molecule has 2 rings (SSSR count). The molecule has 0 aliphatic carbocycles. The number of hydrogen-bond donors (Lipinski definition) is 2. The van der Waals surface area contributed by atoms with Crippen LogP contribution in [0.4, 0.5) is 0 Å². The highest BCUT2D eigenvalue weighted by Crippen LogP contribution is 2.19. The van der Waals surface area contributed by atoms with Crippen LogP contribution in [0.1, 0.15) is 27.0 Å². The molecule has 0 aromatic heterocycles. The minimum Gasteiger partial charge on any atom is -0.496 e. The molecule has 0 unspecified atom stereocenters. The maximum Gasteiger partial charge on any atom is 0.335 e. The van der Waals surface area contributed by atoms with Gasteiger partial charge in [-0.2, -0.15) is 0 Å². The lowest BCUT2D eigenvalue weighted by atomic mass is 10.0. The Morgan fingerprint density at radius 3 is 2.62 bits per heavy atom. The number of ether oxygens (including phenoxy) is 1. The van der Waals surface area contributed by atoms with Gasteiger partial charge in [0.2, 0.25) is 5.91 Å². The van der Waals surface area contributed by atoms with Gasteiger partial charge in [-0.15, -0.1) is 0 Å². The van der Waals surface area contributed by atoms with E-state index in [1.807, 2.05) is 25.1 Å². The lowest BCUT2D eigenvalue weighted by Crippen LogP contribution is -2.27. The average molecular weight is 327 g/mol. The number of nitrogens with one attached hydrogen (secondary N) is 1. The molecule has 0 bridgehead atoms. The standard InChI is InChI=1S/C19H21NO4/c1-13-7-8-14(11-17(13)24-2)9-10-20-18(21)12-15-5-3-4-6-16(15)19(22)23/h3-8,11H,9-10,12H2,1-2H3,(H,20,21)(H,22,23). The molecule has 0 atom stereocenters. The Hall–Kier alpha value is -2.82. The fourth-order valence-corrected chi connectivity index (χ4v) is 2.48. The number of rotatable bonds is 7. The highest BCUT2D eigenvalue weighted by molar-refractivity contribution is 5.91. The minimum absolute atomic E-state index is 0.0553. The van der Waals surface area contributed by atoms with Crippen LogP contribution in [0.5, 0.6) is 5.75 Å². The van der Waals surface area contributed by atoms with Gasteiger partial charge in [0.05, 0.1) is 19.1 Å². The number of aromatic carboxylic acids is 1. The number of carboxylic acids is 1. The van der Waals surface area contributed by atoms with Gasteiger partial charge in [0.25, 0.3) is 0 Å². The fourth-order valence-electron chi connectivity index (χ4n) is 2.48. The van der Waals surface area contributed by atoms with Gasteiger partial charge in [-0.1, -0.05) is 30.3 Å². The SMILES string of the molecule is COc1cc(CCNC(=O)Cc2ccccc2C(=O)O)ccc1C. The van der Waals surface area contributed by atoms with Crippen molar-refractivity contribution in [2.24, 2.45) is 0 Å². The van der Waals surface area contributed by atoms with Gasteiger partial charge in [0.15, 0.2) is 0 Å². The lowest BCUT2D eigenvalue weighted by molar-refractivity contribution is -0.120. The summed E-state index contributed by atoms with van der Waals surface area (Å²) in [6.45, 7) is 2.46. The third-order valence-electron chi connectivity index (χ3n) is 3.81. The van der Waals surface area contributed by atoms with Crippen LogP contribution in [-0.4, -0.2) is 30.6 Å². The van der Waals surface area contributed by atoms with E-state index in [2.05, 4.69) is 5.32 Å². The summed E-state index contributed by atoms with van der Waals surface area (Å²) in [4.78, 5) is 23.2. The Kier molecular flexibility index (Phi) is 5.95. The number of aryl methyl sites for hydroxylation is 1. The molecular weight excluding hydrogens is 306 g/mol. The van der Waals surface area contributed by atoms with Crippen molar-refractivity contribution in [3.63, 3.8) is 0 Å². The van der Waals surface area contributed by atoms with Crippen LogP contribution in [0.3, 0.4) is 0 Å². The Balaban J connectivity index is 1.89. The smallest absolute Gasteiger partial charge is 0.335 e. The lowest BCUT2D eigenvalue weighted by Gasteiger charge is -2.09. The molecule has 1 amide bonds. The topological polar surface area (TPSA) is 75.6 Å². The van der Waals surface area contributed by atoms with Gasteiger partial charge < -0.3 is 15.2 Å². The van der Waals surface area contributed by atoms with Crippen LogP contribution < -0.4 is 10.1 Å². The third-order valence-corrected chi connectivity index (χ3v) is 3.81. The van der Waals surface area contributed by atoms with E-state index in [0.717, 1.165) is 16.9 Å². The second-order valence-corrected chi connectivity index (χ2v) is 5.54. The Morgan fingerprint density at radius 2 is 1.92 bits per heavy atom. The molecule has 0 aliphatic heterocycles. The van der Waals surface area contributed by atoms with E-state index < -0.39 is 5.97 Å². The molecule has 2 aromatic carbocycles. The van der Waals surface area contributed by atoms with Crippen molar-refractivity contribution in [2.45, 2.75) is 19.8 Å². The predicted octanol–water partition coefficient (Wildman–Crippen LogP) is 2.60. The van der Waals surface area contributed by atoms with Crippen LogP contribution in [0.25, 0.3) is 0 Å². The molecule has 5 nitrogen and oxygen atoms in total. The van der Waals surface area contributed by atoms with E-state index in [-0.39, 0.29) is 17.9 Å². The number of carbonyl (C=O) groups is 2. The molecule has 0 saturated heterocycles. The van der Waals surface area contributed by atoms with Gasteiger partial charge in [0.1, 0.15) is 5.75 Å². The zero-order valence-electron chi connectivity index (χ0n) is 13.8. The molecule has 0 fully saturated rings. The molecule has 0 radical (unpaired) electrons. The zero-order chi connectivity index (χ0) is 17.5. The monoisotopic (exact) mass is 327 g/mol. The van der Waals surface area contributed by atoms with E-state index in [4.69, 9.17) is 9.84 Å². The van der Waals surface area contributed by atoms with Crippen LogP contribution in [0.2, 0.25) is 0 Å². The second-order valence-electron chi connectivity index (χ2n) is 5.54. The van der Waals surface area contributed by atoms with Crippen molar-refractivity contribution in [3.05, 3.63) is 64.7 Å². The normalized spacial score (nSPS) is 10.2. The molecule has 0 saturated carbocycles. The van der Waals surface area contributed by atoms with Gasteiger partial charge in [0, 0.05) is 6.54 Å². The number of amides is 1. The van der Waals surface area contributed by atoms with E-state index in [1.54, 1.807) is 25.3 Å². The van der Waals surface area contributed by atoms with Crippen LogP contribution in [0.15, 0.2) is 42.5 Å². The van der Waals surface area contributed by atoms with Crippen molar-refractivity contribution in [1.82, 2.24) is 5.32 Å². The van der Waals surface area contributed by atoms with E-state index >= 15 is 0 Å². The van der Waals surface area contributed by atoms with Gasteiger partial charge in [-0.3, -0.25) is 4.79 Å². The summed E-state index contributed by atoms with van der Waals surface area (Å²) < 4.78 is 5.28. The molecular formula is C19H21NO4. The molecule has 126 valence electrons. The maximum absolute atomic E-state index is 12.0. The molecule has 24 heavy (non-hydrogen) atoms. The number of carbonyl (C=O) groups excluding carboxylic acids is 1. The minimum atomic E-state index is -1.02. The van der Waals surface area contributed by atoms with Crippen molar-refractivity contribution < 1.29 is 19.4 Å². The average Bonchev–Trinajstić information content (AvgIpc) is 2.56. The largest absolute Gasteiger partial charge is 0.496 e. The molecule has 2 N–H and O–H groups in total. The molecule has 2 aromatic rings. The van der Waals surface area contributed by atoms with Crippen LogP contribution in [0, 0.1) is 6.92 Å². The van der Waals surface area contributed by atoms with Crippen molar-refractivity contribution >= 4 is 11.9 Å². The fraction of sp³-hybridized carbons (Fsp3) is 0.263. The van der Waals surface area contributed by atoms with Gasteiger partial charge >= 0.3 is 5.97 Å². The molecule has 0 aliphatic rings. The summed E-state index contributed by atoms with van der Waals surface area (Å²) >= 11 is 0. The quantitative estimate of drug-likeness (QED) is 0.819. The first kappa shape index (κ1) is 17.5. The Morgan fingerprint density at radius 1 is 1.17 bits per heavy atom. The summed E-state index contributed by atoms with van der Waals surface area (Å²) in [5.41, 5.74) is 2.81.